The van der Waals surface area contributed by atoms with Crippen molar-refractivity contribution in [1.29, 1.82) is 0 Å². The smallest absolute Gasteiger partial charge is 0.416 e. The molecule has 1 N–H and O–H groups in total. The summed E-state index contributed by atoms with van der Waals surface area (Å²) in [6, 6.07) is 46.1. The Hall–Kier alpha value is -6.97. The number of carbonyl (C=O) groups excluding carboxylic acids is 1. The number of alkyl halides is 3. The zero-order chi connectivity index (χ0) is 54.3. The van der Waals surface area contributed by atoms with Crippen molar-refractivity contribution in [3.63, 3.8) is 0 Å². The fourth-order valence-electron chi connectivity index (χ4n) is 12.5. The molecule has 4 nitrogen and oxygen atoms in total. The van der Waals surface area contributed by atoms with Gasteiger partial charge in [0, 0.05) is 43.2 Å². The first-order valence-electron chi connectivity index (χ1n) is 27.7. The van der Waals surface area contributed by atoms with Crippen LogP contribution in [0.4, 0.5) is 23.2 Å². The van der Waals surface area contributed by atoms with Gasteiger partial charge < -0.3 is 14.8 Å². The summed E-state index contributed by atoms with van der Waals surface area (Å²) in [7, 11) is 0. The second-order valence-electron chi connectivity index (χ2n) is 22.1. The lowest BCUT2D eigenvalue weighted by molar-refractivity contribution is -0.137. The average molecular weight is 1110 g/mol. The summed E-state index contributed by atoms with van der Waals surface area (Å²) in [4.78, 5) is 13.6. The molecule has 1 unspecified atom stereocenters. The lowest BCUT2D eigenvalue weighted by Crippen LogP contribution is -2.35. The van der Waals surface area contributed by atoms with Crippen molar-refractivity contribution in [2.45, 2.75) is 115 Å². The molecule has 0 saturated heterocycles. The normalized spacial score (nSPS) is 18.2. The topological polar surface area (TPSA) is 47.6 Å². The average Bonchev–Trinajstić information content (AvgIpc) is 3.73. The second-order valence-corrected chi connectivity index (χ2v) is 23.0. The number of rotatable bonds is 15. The highest BCUT2D eigenvalue weighted by atomic mass is 79.9. The van der Waals surface area contributed by atoms with E-state index in [1.807, 2.05) is 84.9 Å². The Labute approximate surface area is 464 Å². The highest BCUT2D eigenvalue weighted by Crippen LogP contribution is 2.60. The van der Waals surface area contributed by atoms with Gasteiger partial charge in [-0.05, 0) is 178 Å². The summed E-state index contributed by atoms with van der Waals surface area (Å²) >= 11 is 3.96. The van der Waals surface area contributed by atoms with E-state index in [9.17, 15) is 22.4 Å². The number of nitrogens with one attached hydrogen (secondary N) is 1. The van der Waals surface area contributed by atoms with Crippen LogP contribution in [0.1, 0.15) is 147 Å². The molecule has 11 rings (SSSR count). The molecule has 1 atom stereocenters. The number of ether oxygens (including phenoxy) is 2. The van der Waals surface area contributed by atoms with Crippen LogP contribution < -0.4 is 14.8 Å². The molecule has 0 bridgehead atoms. The van der Waals surface area contributed by atoms with Crippen LogP contribution in [0.2, 0.25) is 0 Å². The number of hydrogen-bond donors (Lipinski definition) is 1. The molecule has 2 aliphatic carbocycles. The molecule has 1 fully saturated rings. The van der Waals surface area contributed by atoms with E-state index in [-0.39, 0.29) is 5.91 Å². The maximum absolute atomic E-state index is 14.8. The Bertz CT molecular complexity index is 3520. The third kappa shape index (κ3) is 10.2. The maximum Gasteiger partial charge on any atom is 0.416 e. The van der Waals surface area contributed by atoms with E-state index in [2.05, 4.69) is 85.3 Å². The van der Waals surface area contributed by atoms with Gasteiger partial charge in [-0.2, -0.15) is 13.2 Å². The van der Waals surface area contributed by atoms with Crippen LogP contribution in [0, 0.1) is 11.7 Å². The quantitative estimate of drug-likeness (QED) is 0.0822. The van der Waals surface area contributed by atoms with Gasteiger partial charge in [0.2, 0.25) is 0 Å². The van der Waals surface area contributed by atoms with Crippen molar-refractivity contribution < 1.29 is 31.8 Å². The lowest BCUT2D eigenvalue weighted by Gasteiger charge is -2.38. The van der Waals surface area contributed by atoms with Crippen molar-refractivity contribution in [2.75, 3.05) is 11.9 Å². The number of hydrogen-bond acceptors (Lipinski definition) is 3. The molecule has 398 valence electrons. The molecule has 0 aromatic heterocycles. The van der Waals surface area contributed by atoms with Crippen molar-refractivity contribution >= 4 is 44.4 Å². The minimum atomic E-state index is -4.63. The van der Waals surface area contributed by atoms with Crippen molar-refractivity contribution in [1.82, 2.24) is 0 Å². The summed E-state index contributed by atoms with van der Waals surface area (Å²) in [6.45, 7) is 9.20. The monoisotopic (exact) mass is 1110 g/mol. The van der Waals surface area contributed by atoms with E-state index < -0.39 is 28.6 Å². The first kappa shape index (κ1) is 53.1. The Morgan fingerprint density at radius 1 is 0.692 bits per heavy atom. The van der Waals surface area contributed by atoms with Gasteiger partial charge >= 0.3 is 6.18 Å². The zero-order valence-corrected chi connectivity index (χ0v) is 46.2. The van der Waals surface area contributed by atoms with Gasteiger partial charge in [0.05, 0.1) is 12.2 Å². The molecule has 78 heavy (non-hydrogen) atoms. The molecule has 0 radical (unpaired) electrons. The zero-order valence-electron chi connectivity index (χ0n) is 44.6. The van der Waals surface area contributed by atoms with Crippen LogP contribution in [0.15, 0.2) is 162 Å². The minimum absolute atomic E-state index is 0.212. The van der Waals surface area contributed by atoms with Crippen LogP contribution in [-0.4, -0.2) is 12.5 Å². The standard InChI is InChI=1S/C69H64BrF4NO3/c1-5-7-9-10-43-11-13-44(14-12-43)45-15-17-46(18-16-45)47-19-21-49(22-20-47)66(76)75-55-32-23-48(24-33-55)50-40-60-62-57-36-29-53(69(72,73)74)42-59(57)65-58(64(62)67(3,4)63(60)61(70)41-50)37-38-68(78-65,51-25-30-54(71)31-26-51)52-27-34-56(35-28-52)77-39-8-6-2/h15-38,40-44H,5-14,39H2,1-4H3,(H,75,76)/t43-,44-,68?. The van der Waals surface area contributed by atoms with Crippen molar-refractivity contribution in [3.8, 4) is 44.9 Å². The molecular formula is C69H64BrF4NO3. The molecule has 1 heterocycles. The predicted octanol–water partition coefficient (Wildman–Crippen LogP) is 20.0. The fraction of sp³-hybridized carbons (Fsp3) is 0.290. The molecule has 1 aliphatic heterocycles. The summed E-state index contributed by atoms with van der Waals surface area (Å²) in [5.41, 5.74) is 9.43. The Morgan fingerprint density at radius 2 is 1.32 bits per heavy atom. The number of anilines is 1. The molecule has 9 heteroatoms. The molecule has 8 aromatic carbocycles. The first-order valence-corrected chi connectivity index (χ1v) is 28.5. The molecular weight excluding hydrogens is 1050 g/mol. The molecule has 3 aliphatic rings. The lowest BCUT2D eigenvalue weighted by atomic mass is 9.76. The van der Waals surface area contributed by atoms with E-state index in [4.69, 9.17) is 9.47 Å². The summed E-state index contributed by atoms with van der Waals surface area (Å²) in [6.07, 6.45) is 11.7. The van der Waals surface area contributed by atoms with Crippen LogP contribution in [0.25, 0.3) is 50.2 Å². The third-order valence-corrected chi connectivity index (χ3v) is 17.3. The first-order chi connectivity index (χ1) is 37.6. The van der Waals surface area contributed by atoms with E-state index in [0.717, 1.165) is 73.8 Å². The van der Waals surface area contributed by atoms with E-state index >= 15 is 0 Å². The number of unbranched alkanes of at least 4 members (excludes halogenated alkanes) is 3. The van der Waals surface area contributed by atoms with Gasteiger partial charge in [0.25, 0.3) is 5.91 Å². The minimum Gasteiger partial charge on any atom is -0.494 e. The van der Waals surface area contributed by atoms with Gasteiger partial charge in [-0.3, -0.25) is 4.79 Å². The van der Waals surface area contributed by atoms with E-state index in [1.54, 1.807) is 18.2 Å². The Morgan fingerprint density at radius 3 is 1.97 bits per heavy atom. The van der Waals surface area contributed by atoms with Gasteiger partial charge in [-0.15, -0.1) is 0 Å². The molecule has 8 aromatic rings. The fourth-order valence-corrected chi connectivity index (χ4v) is 13.4. The van der Waals surface area contributed by atoms with E-state index in [1.165, 1.54) is 75.1 Å². The summed E-state index contributed by atoms with van der Waals surface area (Å²) in [5.74, 6) is 1.87. The van der Waals surface area contributed by atoms with Gasteiger partial charge in [0.1, 0.15) is 17.3 Å². The number of amides is 1. The van der Waals surface area contributed by atoms with Crippen LogP contribution in [-0.2, 0) is 17.2 Å². The van der Waals surface area contributed by atoms with Crippen LogP contribution in [0.3, 0.4) is 0 Å². The number of halogens is 5. The van der Waals surface area contributed by atoms with Gasteiger partial charge in [0.15, 0.2) is 5.60 Å². The maximum atomic E-state index is 14.8. The van der Waals surface area contributed by atoms with Gasteiger partial charge in [-0.1, -0.05) is 161 Å². The Kier molecular flexibility index (Phi) is 14.8. The summed E-state index contributed by atoms with van der Waals surface area (Å²) in [5, 5.41) is 3.99. The van der Waals surface area contributed by atoms with Crippen LogP contribution in [0.5, 0.6) is 11.5 Å². The molecule has 1 amide bonds. The highest BCUT2D eigenvalue weighted by Gasteiger charge is 2.46. The van der Waals surface area contributed by atoms with Gasteiger partial charge in [-0.25, -0.2) is 4.39 Å². The second kappa shape index (κ2) is 21.7. The third-order valence-electron chi connectivity index (χ3n) is 16.7. The van der Waals surface area contributed by atoms with Crippen LogP contribution >= 0.6 is 15.9 Å². The number of carbonyl (C=O) groups is 1. The largest absolute Gasteiger partial charge is 0.494 e. The number of fused-ring (bicyclic) bond motifs is 8. The van der Waals surface area contributed by atoms with Crippen molar-refractivity contribution in [2.24, 2.45) is 5.92 Å². The predicted molar refractivity (Wildman–Crippen MR) is 312 cm³/mol. The summed E-state index contributed by atoms with van der Waals surface area (Å²) < 4.78 is 72.9. The van der Waals surface area contributed by atoms with E-state index in [0.29, 0.717) is 62.7 Å². The van der Waals surface area contributed by atoms with Crippen molar-refractivity contribution in [3.05, 3.63) is 213 Å². The molecule has 1 saturated carbocycles. The SMILES string of the molecule is CCCCC[C@H]1CC[C@H](c2ccc(-c3ccc(C(=O)Nc4ccc(-c5cc(Br)c6c(c5)-c5c(c7c(c8cc(C(F)(F)F)ccc58)OC(c5ccc(F)cc5)(c5ccc(OCCCC)cc5)C=C7)C6(C)C)cc4)cc3)cc2)CC1. The number of benzene rings is 8. The highest BCUT2D eigenvalue weighted by molar-refractivity contribution is 9.10. The molecule has 0 spiro atoms. The Balaban J connectivity index is 0.873.